The molecule has 0 fully saturated rings. The lowest BCUT2D eigenvalue weighted by atomic mass is 9.83. The van der Waals surface area contributed by atoms with Gasteiger partial charge in [0.1, 0.15) is 0 Å². The minimum atomic E-state index is -4.43. The molecule has 0 bridgehead atoms. The molecular weight excluding hydrogens is 247 g/mol. The third-order valence-electron chi connectivity index (χ3n) is 2.67. The van der Waals surface area contributed by atoms with Crippen LogP contribution < -0.4 is 5.48 Å². The van der Waals surface area contributed by atoms with Crippen LogP contribution >= 0.6 is 0 Å². The average Bonchev–Trinajstić information content (AvgIpc) is 2.28. The Labute approximate surface area is 103 Å². The molecule has 1 aromatic carbocycles. The molecule has 100 valence electrons. The van der Waals surface area contributed by atoms with Crippen molar-refractivity contribution in [2.45, 2.75) is 25.4 Å². The Morgan fingerprint density at radius 2 is 1.78 bits per heavy atom. The van der Waals surface area contributed by atoms with E-state index in [1.165, 1.54) is 33.1 Å². The maximum atomic E-state index is 12.6. The number of benzene rings is 1. The minimum Gasteiger partial charge on any atom is -0.277 e. The molecule has 1 rings (SSSR count). The Kier molecular flexibility index (Phi) is 4.01. The van der Waals surface area contributed by atoms with E-state index in [2.05, 4.69) is 10.3 Å². The summed E-state index contributed by atoms with van der Waals surface area (Å²) in [6.45, 7) is 3.05. The molecule has 0 heterocycles. The number of hydroxylamine groups is 1. The van der Waals surface area contributed by atoms with E-state index in [0.29, 0.717) is 0 Å². The highest BCUT2D eigenvalue weighted by atomic mass is 19.4. The van der Waals surface area contributed by atoms with Crippen LogP contribution in [0.2, 0.25) is 0 Å². The van der Waals surface area contributed by atoms with Gasteiger partial charge in [0.25, 0.3) is 5.91 Å². The first-order valence-corrected chi connectivity index (χ1v) is 5.20. The van der Waals surface area contributed by atoms with Crippen LogP contribution in [-0.4, -0.2) is 13.0 Å². The summed E-state index contributed by atoms with van der Waals surface area (Å²) in [6, 6.07) is 4.69. The zero-order chi connectivity index (χ0) is 14.0. The van der Waals surface area contributed by atoms with Gasteiger partial charge in [0, 0.05) is 0 Å². The van der Waals surface area contributed by atoms with Gasteiger partial charge < -0.3 is 0 Å². The standard InChI is InChI=1S/C12H14F3NO2/c1-11(2,10(17)16-18-3)8-5-4-6-9(7-8)12(13,14)15/h4-7H,1-3H3,(H,16,17). The third kappa shape index (κ3) is 3.01. The predicted octanol–water partition coefficient (Wildman–Crippen LogP) is 2.66. The fourth-order valence-electron chi connectivity index (χ4n) is 1.44. The van der Waals surface area contributed by atoms with Crippen LogP contribution in [0, 0.1) is 0 Å². The third-order valence-corrected chi connectivity index (χ3v) is 2.67. The lowest BCUT2D eigenvalue weighted by Crippen LogP contribution is -2.39. The summed E-state index contributed by atoms with van der Waals surface area (Å²) in [5, 5.41) is 0. The minimum absolute atomic E-state index is 0.270. The van der Waals surface area contributed by atoms with Gasteiger partial charge in [0.05, 0.1) is 18.1 Å². The number of rotatable bonds is 3. The number of nitrogens with one attached hydrogen (secondary N) is 1. The van der Waals surface area contributed by atoms with Crippen molar-refractivity contribution < 1.29 is 22.8 Å². The van der Waals surface area contributed by atoms with Gasteiger partial charge >= 0.3 is 6.18 Å². The first-order chi connectivity index (χ1) is 8.19. The molecule has 1 N–H and O–H groups in total. The molecule has 0 atom stereocenters. The van der Waals surface area contributed by atoms with Gasteiger partial charge in [-0.2, -0.15) is 13.2 Å². The number of hydrogen-bond acceptors (Lipinski definition) is 2. The average molecular weight is 261 g/mol. The lowest BCUT2D eigenvalue weighted by molar-refractivity contribution is -0.139. The van der Waals surface area contributed by atoms with Gasteiger partial charge in [-0.3, -0.25) is 9.63 Å². The van der Waals surface area contributed by atoms with Crippen molar-refractivity contribution in [2.75, 3.05) is 7.11 Å². The highest BCUT2D eigenvalue weighted by molar-refractivity contribution is 5.86. The van der Waals surface area contributed by atoms with E-state index in [4.69, 9.17) is 0 Å². The second kappa shape index (κ2) is 4.97. The van der Waals surface area contributed by atoms with Crippen LogP contribution in [0.15, 0.2) is 24.3 Å². The topological polar surface area (TPSA) is 38.3 Å². The quantitative estimate of drug-likeness (QED) is 0.849. The van der Waals surface area contributed by atoms with E-state index >= 15 is 0 Å². The van der Waals surface area contributed by atoms with Gasteiger partial charge in [-0.05, 0) is 25.5 Å². The zero-order valence-corrected chi connectivity index (χ0v) is 10.3. The summed E-state index contributed by atoms with van der Waals surface area (Å²) in [4.78, 5) is 16.2. The molecule has 0 saturated heterocycles. The highest BCUT2D eigenvalue weighted by Gasteiger charge is 2.34. The summed E-state index contributed by atoms with van der Waals surface area (Å²) in [5.74, 6) is -0.510. The highest BCUT2D eigenvalue weighted by Crippen LogP contribution is 2.32. The van der Waals surface area contributed by atoms with Crippen molar-refractivity contribution in [1.82, 2.24) is 5.48 Å². The molecule has 0 aliphatic rings. The van der Waals surface area contributed by atoms with Crippen LogP contribution in [0.4, 0.5) is 13.2 Å². The Morgan fingerprint density at radius 3 is 2.28 bits per heavy atom. The Bertz CT molecular complexity index is 441. The normalized spacial score (nSPS) is 12.3. The number of carbonyl (C=O) groups is 1. The zero-order valence-electron chi connectivity index (χ0n) is 10.3. The molecule has 0 radical (unpaired) electrons. The predicted molar refractivity (Wildman–Crippen MR) is 59.6 cm³/mol. The van der Waals surface area contributed by atoms with E-state index in [1.54, 1.807) is 0 Å². The van der Waals surface area contributed by atoms with E-state index in [1.807, 2.05) is 0 Å². The monoisotopic (exact) mass is 261 g/mol. The number of hydrogen-bond donors (Lipinski definition) is 1. The summed E-state index contributed by atoms with van der Waals surface area (Å²) in [5.41, 5.74) is 0.499. The van der Waals surface area contributed by atoms with Gasteiger partial charge in [0.15, 0.2) is 0 Å². The van der Waals surface area contributed by atoms with Crippen LogP contribution in [0.3, 0.4) is 0 Å². The number of halogens is 3. The van der Waals surface area contributed by atoms with Crippen LogP contribution in [0.25, 0.3) is 0 Å². The molecular formula is C12H14F3NO2. The summed E-state index contributed by atoms with van der Waals surface area (Å²) < 4.78 is 37.7. The lowest BCUT2D eigenvalue weighted by Gasteiger charge is -2.24. The van der Waals surface area contributed by atoms with E-state index < -0.39 is 23.1 Å². The molecule has 0 aliphatic carbocycles. The van der Waals surface area contributed by atoms with Crippen molar-refractivity contribution in [3.63, 3.8) is 0 Å². The second-order valence-electron chi connectivity index (χ2n) is 4.34. The van der Waals surface area contributed by atoms with Crippen LogP contribution in [0.5, 0.6) is 0 Å². The van der Waals surface area contributed by atoms with Crippen molar-refractivity contribution in [3.05, 3.63) is 35.4 Å². The summed E-state index contributed by atoms with van der Waals surface area (Å²) >= 11 is 0. The number of alkyl halides is 3. The molecule has 0 unspecified atom stereocenters. The SMILES string of the molecule is CONC(=O)C(C)(C)c1cccc(C(F)(F)F)c1. The van der Waals surface area contributed by atoms with E-state index in [0.717, 1.165) is 12.1 Å². The Morgan fingerprint density at radius 1 is 1.22 bits per heavy atom. The number of amides is 1. The van der Waals surface area contributed by atoms with Gasteiger partial charge in [-0.15, -0.1) is 0 Å². The van der Waals surface area contributed by atoms with E-state index in [9.17, 15) is 18.0 Å². The Balaban J connectivity index is 3.13. The molecule has 1 amide bonds. The summed E-state index contributed by atoms with van der Waals surface area (Å²) in [7, 11) is 1.26. The Hall–Kier alpha value is -1.56. The molecule has 3 nitrogen and oxygen atoms in total. The largest absolute Gasteiger partial charge is 0.416 e. The number of carbonyl (C=O) groups excluding carboxylic acids is 1. The van der Waals surface area contributed by atoms with Crippen molar-refractivity contribution in [3.8, 4) is 0 Å². The molecule has 0 spiro atoms. The summed E-state index contributed by atoms with van der Waals surface area (Å²) in [6.07, 6.45) is -4.43. The van der Waals surface area contributed by atoms with Crippen molar-refractivity contribution in [2.24, 2.45) is 0 Å². The van der Waals surface area contributed by atoms with Gasteiger partial charge in [-0.25, -0.2) is 5.48 Å². The molecule has 6 heteroatoms. The van der Waals surface area contributed by atoms with Gasteiger partial charge in [0.2, 0.25) is 0 Å². The molecule has 0 aromatic heterocycles. The first kappa shape index (κ1) is 14.5. The molecule has 1 aromatic rings. The molecule has 0 saturated carbocycles. The second-order valence-corrected chi connectivity index (χ2v) is 4.34. The first-order valence-electron chi connectivity index (χ1n) is 5.20. The molecule has 18 heavy (non-hydrogen) atoms. The van der Waals surface area contributed by atoms with Crippen molar-refractivity contribution >= 4 is 5.91 Å². The van der Waals surface area contributed by atoms with E-state index in [-0.39, 0.29) is 5.56 Å². The smallest absolute Gasteiger partial charge is 0.277 e. The van der Waals surface area contributed by atoms with Crippen LogP contribution in [-0.2, 0) is 21.2 Å². The van der Waals surface area contributed by atoms with Crippen molar-refractivity contribution in [1.29, 1.82) is 0 Å². The van der Waals surface area contributed by atoms with Gasteiger partial charge in [-0.1, -0.05) is 18.2 Å². The fraction of sp³-hybridized carbons (Fsp3) is 0.417. The fourth-order valence-corrected chi connectivity index (χ4v) is 1.44. The maximum absolute atomic E-state index is 12.6. The maximum Gasteiger partial charge on any atom is 0.416 e. The molecule has 0 aliphatic heterocycles. The van der Waals surface area contributed by atoms with Crippen LogP contribution in [0.1, 0.15) is 25.0 Å².